The maximum Gasteiger partial charge on any atom is 0.256 e. The summed E-state index contributed by atoms with van der Waals surface area (Å²) in [6.45, 7) is 0. The number of carbonyl (C=O) groups is 1. The van der Waals surface area contributed by atoms with Crippen LogP contribution in [0, 0.1) is 0 Å². The molecule has 3 aromatic carbocycles. The average molecular weight is 341 g/mol. The summed E-state index contributed by atoms with van der Waals surface area (Å²) in [6, 6.07) is 18.8. The molecule has 3 N–H and O–H groups in total. The highest BCUT2D eigenvalue weighted by Gasteiger charge is 2.11. The van der Waals surface area contributed by atoms with Gasteiger partial charge >= 0.3 is 0 Å². The predicted molar refractivity (Wildman–Crippen MR) is 90.5 cm³/mol. The summed E-state index contributed by atoms with van der Waals surface area (Å²) in [4.78, 5) is 12.5. The van der Waals surface area contributed by atoms with Crippen molar-refractivity contribution in [2.75, 3.05) is 11.1 Å². The van der Waals surface area contributed by atoms with Gasteiger partial charge in [0.2, 0.25) is 0 Å². The second-order valence-corrected chi connectivity index (χ2v) is 5.57. The van der Waals surface area contributed by atoms with Crippen LogP contribution in [-0.2, 0) is 0 Å². The van der Waals surface area contributed by atoms with Crippen LogP contribution in [-0.4, -0.2) is 5.91 Å². The molecule has 104 valence electrons. The highest BCUT2D eigenvalue weighted by molar-refractivity contribution is 9.10. The molecule has 3 aromatic rings. The minimum absolute atomic E-state index is 0.141. The summed E-state index contributed by atoms with van der Waals surface area (Å²) in [5.74, 6) is -0.141. The van der Waals surface area contributed by atoms with Crippen molar-refractivity contribution in [1.29, 1.82) is 0 Å². The number of nitrogen functional groups attached to an aromatic ring is 1. The zero-order valence-corrected chi connectivity index (χ0v) is 12.7. The molecule has 4 heteroatoms. The van der Waals surface area contributed by atoms with Crippen molar-refractivity contribution in [1.82, 2.24) is 0 Å². The minimum atomic E-state index is -0.141. The van der Waals surface area contributed by atoms with Crippen LogP contribution in [0.15, 0.2) is 65.1 Å². The summed E-state index contributed by atoms with van der Waals surface area (Å²) < 4.78 is 0.760. The van der Waals surface area contributed by atoms with Gasteiger partial charge in [-0.05, 0) is 51.0 Å². The molecule has 0 aliphatic rings. The molecule has 0 aliphatic carbocycles. The first-order chi connectivity index (χ1) is 10.1. The number of amides is 1. The van der Waals surface area contributed by atoms with Gasteiger partial charge < -0.3 is 11.1 Å². The monoisotopic (exact) mass is 340 g/mol. The van der Waals surface area contributed by atoms with Crippen LogP contribution in [0.3, 0.4) is 0 Å². The maximum absolute atomic E-state index is 12.5. The number of nitrogens with two attached hydrogens (primary N) is 1. The van der Waals surface area contributed by atoms with Gasteiger partial charge in [0, 0.05) is 15.7 Å². The van der Waals surface area contributed by atoms with Crippen molar-refractivity contribution < 1.29 is 4.79 Å². The maximum atomic E-state index is 12.5. The van der Waals surface area contributed by atoms with Gasteiger partial charge in [0.25, 0.3) is 5.91 Å². The predicted octanol–water partition coefficient (Wildman–Crippen LogP) is 4.44. The molecule has 0 fully saturated rings. The van der Waals surface area contributed by atoms with E-state index in [9.17, 15) is 4.79 Å². The van der Waals surface area contributed by atoms with Crippen LogP contribution in [0.5, 0.6) is 0 Å². The SMILES string of the molecule is Nc1ccc(NC(=O)c2cccc3ccccc23)c(Br)c1. The summed E-state index contributed by atoms with van der Waals surface area (Å²) in [5.41, 5.74) is 7.69. The zero-order chi connectivity index (χ0) is 14.8. The lowest BCUT2D eigenvalue weighted by Crippen LogP contribution is -2.12. The van der Waals surface area contributed by atoms with Crippen LogP contribution in [0.25, 0.3) is 10.8 Å². The van der Waals surface area contributed by atoms with Crippen molar-refractivity contribution in [3.63, 3.8) is 0 Å². The molecule has 0 atom stereocenters. The van der Waals surface area contributed by atoms with Crippen molar-refractivity contribution in [2.24, 2.45) is 0 Å². The Morgan fingerprint density at radius 1 is 1.00 bits per heavy atom. The topological polar surface area (TPSA) is 55.1 Å². The quantitative estimate of drug-likeness (QED) is 0.677. The number of hydrogen-bond acceptors (Lipinski definition) is 2. The Kier molecular flexibility index (Phi) is 3.62. The Labute approximate surface area is 130 Å². The van der Waals surface area contributed by atoms with E-state index in [1.807, 2.05) is 42.5 Å². The fourth-order valence-corrected chi connectivity index (χ4v) is 2.74. The first-order valence-corrected chi connectivity index (χ1v) is 7.28. The third-order valence-corrected chi connectivity index (χ3v) is 3.93. The molecule has 0 radical (unpaired) electrons. The van der Waals surface area contributed by atoms with Gasteiger partial charge in [-0.1, -0.05) is 36.4 Å². The van der Waals surface area contributed by atoms with E-state index in [4.69, 9.17) is 5.73 Å². The molecule has 0 aliphatic heterocycles. The van der Waals surface area contributed by atoms with Crippen molar-refractivity contribution in [2.45, 2.75) is 0 Å². The molecule has 21 heavy (non-hydrogen) atoms. The fourth-order valence-electron chi connectivity index (χ4n) is 2.25. The van der Waals surface area contributed by atoms with Crippen LogP contribution >= 0.6 is 15.9 Å². The molecule has 3 nitrogen and oxygen atoms in total. The van der Waals surface area contributed by atoms with E-state index in [1.54, 1.807) is 18.2 Å². The molecular formula is C17H13BrN2O. The lowest BCUT2D eigenvalue weighted by Gasteiger charge is -2.10. The van der Waals surface area contributed by atoms with Gasteiger partial charge in [0.05, 0.1) is 5.69 Å². The van der Waals surface area contributed by atoms with E-state index in [1.165, 1.54) is 0 Å². The van der Waals surface area contributed by atoms with E-state index in [0.29, 0.717) is 16.9 Å². The standard InChI is InChI=1S/C17H13BrN2O/c18-15-10-12(19)8-9-16(15)20-17(21)14-7-3-5-11-4-1-2-6-13(11)14/h1-10H,19H2,(H,20,21). The summed E-state index contributed by atoms with van der Waals surface area (Å²) in [5, 5.41) is 4.88. The largest absolute Gasteiger partial charge is 0.399 e. The van der Waals surface area contributed by atoms with Crippen LogP contribution < -0.4 is 11.1 Å². The molecule has 0 saturated carbocycles. The van der Waals surface area contributed by atoms with Gasteiger partial charge in [0.1, 0.15) is 0 Å². The third-order valence-electron chi connectivity index (χ3n) is 3.28. The molecule has 0 aromatic heterocycles. The highest BCUT2D eigenvalue weighted by Crippen LogP contribution is 2.26. The van der Waals surface area contributed by atoms with E-state index in [0.717, 1.165) is 15.2 Å². The number of nitrogens with one attached hydrogen (secondary N) is 1. The molecule has 3 rings (SSSR count). The minimum Gasteiger partial charge on any atom is -0.399 e. The van der Waals surface area contributed by atoms with Crippen molar-refractivity contribution >= 4 is 44.0 Å². The summed E-state index contributed by atoms with van der Waals surface area (Å²) in [6.07, 6.45) is 0. The van der Waals surface area contributed by atoms with E-state index in [-0.39, 0.29) is 5.91 Å². The van der Waals surface area contributed by atoms with Gasteiger partial charge in [-0.3, -0.25) is 4.79 Å². The fraction of sp³-hybridized carbons (Fsp3) is 0. The van der Waals surface area contributed by atoms with E-state index >= 15 is 0 Å². The average Bonchev–Trinajstić information content (AvgIpc) is 2.49. The molecule has 0 bridgehead atoms. The molecule has 0 spiro atoms. The molecular weight excluding hydrogens is 328 g/mol. The number of benzene rings is 3. The van der Waals surface area contributed by atoms with Crippen molar-refractivity contribution in [3.8, 4) is 0 Å². The number of fused-ring (bicyclic) bond motifs is 1. The van der Waals surface area contributed by atoms with Gasteiger partial charge in [-0.25, -0.2) is 0 Å². The first-order valence-electron chi connectivity index (χ1n) is 6.49. The summed E-state index contributed by atoms with van der Waals surface area (Å²) in [7, 11) is 0. The Balaban J connectivity index is 1.97. The Morgan fingerprint density at radius 3 is 2.57 bits per heavy atom. The molecule has 0 unspecified atom stereocenters. The number of hydrogen-bond donors (Lipinski definition) is 2. The van der Waals surface area contributed by atoms with Crippen molar-refractivity contribution in [3.05, 3.63) is 70.7 Å². The molecule has 0 heterocycles. The van der Waals surface area contributed by atoms with Gasteiger partial charge in [-0.2, -0.15) is 0 Å². The first kappa shape index (κ1) is 13.6. The van der Waals surface area contributed by atoms with Gasteiger partial charge in [-0.15, -0.1) is 0 Å². The number of carbonyl (C=O) groups excluding carboxylic acids is 1. The normalized spacial score (nSPS) is 10.5. The van der Waals surface area contributed by atoms with Crippen LogP contribution in [0.2, 0.25) is 0 Å². The van der Waals surface area contributed by atoms with Crippen LogP contribution in [0.4, 0.5) is 11.4 Å². The summed E-state index contributed by atoms with van der Waals surface area (Å²) >= 11 is 3.40. The Morgan fingerprint density at radius 2 is 1.76 bits per heavy atom. The second kappa shape index (κ2) is 5.58. The van der Waals surface area contributed by atoms with E-state index < -0.39 is 0 Å². The smallest absolute Gasteiger partial charge is 0.256 e. The lowest BCUT2D eigenvalue weighted by molar-refractivity contribution is 0.102. The van der Waals surface area contributed by atoms with Gasteiger partial charge in [0.15, 0.2) is 0 Å². The molecule has 0 saturated heterocycles. The number of rotatable bonds is 2. The Hall–Kier alpha value is -2.33. The highest BCUT2D eigenvalue weighted by atomic mass is 79.9. The van der Waals surface area contributed by atoms with Crippen LogP contribution in [0.1, 0.15) is 10.4 Å². The lowest BCUT2D eigenvalue weighted by atomic mass is 10.0. The number of halogens is 1. The van der Waals surface area contributed by atoms with E-state index in [2.05, 4.69) is 21.2 Å². The zero-order valence-electron chi connectivity index (χ0n) is 11.1. The number of anilines is 2. The second-order valence-electron chi connectivity index (χ2n) is 4.72. The molecule has 1 amide bonds. The Bertz CT molecular complexity index is 825. The third kappa shape index (κ3) is 2.76.